The lowest BCUT2D eigenvalue weighted by atomic mass is 10.0. The van der Waals surface area contributed by atoms with Crippen LogP contribution in [-0.2, 0) is 4.74 Å². The molecule has 1 heterocycles. The molecule has 2 N–H and O–H groups in total. The molecule has 0 atom stereocenters. The molecule has 13 heavy (non-hydrogen) atoms. The van der Waals surface area contributed by atoms with E-state index in [9.17, 15) is 10.2 Å². The van der Waals surface area contributed by atoms with Crippen LogP contribution < -0.4 is 0 Å². The highest BCUT2D eigenvalue weighted by atomic mass is 16.5. The summed E-state index contributed by atoms with van der Waals surface area (Å²) in [6, 6.07) is 0. The normalized spacial score (nSPS) is 23.3. The van der Waals surface area contributed by atoms with Gasteiger partial charge in [0.25, 0.3) is 0 Å². The molecule has 0 aromatic rings. The van der Waals surface area contributed by atoms with Gasteiger partial charge in [-0.1, -0.05) is 0 Å². The van der Waals surface area contributed by atoms with Crippen LogP contribution in [0.3, 0.4) is 0 Å². The molecule has 1 aliphatic heterocycles. The van der Waals surface area contributed by atoms with Crippen LogP contribution in [0.2, 0.25) is 0 Å². The highest BCUT2D eigenvalue weighted by Crippen LogP contribution is 2.18. The summed E-state index contributed by atoms with van der Waals surface area (Å²) >= 11 is 0. The smallest absolute Gasteiger partial charge is 0.164 e. The van der Waals surface area contributed by atoms with Crippen molar-refractivity contribution in [1.82, 2.24) is 4.90 Å². The predicted octanol–water partition coefficient (Wildman–Crippen LogP) is -0.200. The Hall–Kier alpha value is -0.160. The number of piperidine rings is 1. The van der Waals surface area contributed by atoms with Gasteiger partial charge in [0, 0.05) is 46.2 Å². The number of hydrogen-bond donors (Lipinski definition) is 2. The van der Waals surface area contributed by atoms with E-state index in [1.54, 1.807) is 7.11 Å². The Bertz CT molecular complexity index is 140. The third kappa shape index (κ3) is 4.04. The first-order valence-electron chi connectivity index (χ1n) is 4.80. The minimum absolute atomic E-state index is 0.458. The van der Waals surface area contributed by atoms with Gasteiger partial charge in [0.15, 0.2) is 5.79 Å². The molecule has 1 fully saturated rings. The molecule has 0 unspecified atom stereocenters. The maximum absolute atomic E-state index is 9.27. The van der Waals surface area contributed by atoms with Crippen LogP contribution >= 0.6 is 0 Å². The number of likely N-dealkylation sites (tertiary alicyclic amines) is 1. The molecule has 4 nitrogen and oxygen atoms in total. The maximum atomic E-state index is 9.27. The molecule has 0 aliphatic carbocycles. The van der Waals surface area contributed by atoms with Crippen molar-refractivity contribution in [2.24, 2.45) is 0 Å². The van der Waals surface area contributed by atoms with Gasteiger partial charge >= 0.3 is 0 Å². The molecule has 0 saturated carbocycles. The quantitative estimate of drug-likeness (QED) is 0.475. The van der Waals surface area contributed by atoms with Crippen molar-refractivity contribution in [3.05, 3.63) is 0 Å². The van der Waals surface area contributed by atoms with Crippen molar-refractivity contribution in [2.45, 2.75) is 25.0 Å². The van der Waals surface area contributed by atoms with Gasteiger partial charge in [0.05, 0.1) is 0 Å². The molecule has 0 aromatic heterocycles. The van der Waals surface area contributed by atoms with Gasteiger partial charge in [0.2, 0.25) is 0 Å². The van der Waals surface area contributed by atoms with E-state index in [-0.39, 0.29) is 0 Å². The number of hydrogen-bond acceptors (Lipinski definition) is 4. The van der Waals surface area contributed by atoms with Crippen LogP contribution in [0.5, 0.6) is 0 Å². The Morgan fingerprint density at radius 2 is 1.92 bits per heavy atom. The lowest BCUT2D eigenvalue weighted by Crippen LogP contribution is -2.44. The Morgan fingerprint density at radius 1 is 1.31 bits per heavy atom. The third-order valence-electron chi connectivity index (χ3n) is 2.48. The zero-order chi connectivity index (χ0) is 9.73. The Morgan fingerprint density at radius 3 is 2.46 bits per heavy atom. The lowest BCUT2D eigenvalue weighted by molar-refractivity contribution is -0.188. The molecular formula is C9H19NO3. The van der Waals surface area contributed by atoms with E-state index < -0.39 is 5.79 Å². The van der Waals surface area contributed by atoms with E-state index in [1.807, 2.05) is 0 Å². The molecule has 4 heteroatoms. The average molecular weight is 189 g/mol. The van der Waals surface area contributed by atoms with Crippen molar-refractivity contribution in [3.63, 3.8) is 0 Å². The SMILES string of the molecule is COCCCN1CCC(O)(O)CC1. The number of nitrogens with zero attached hydrogens (tertiary/aromatic N) is 1. The van der Waals surface area contributed by atoms with Gasteiger partial charge in [0.1, 0.15) is 0 Å². The van der Waals surface area contributed by atoms with Crippen LogP contribution in [0.4, 0.5) is 0 Å². The van der Waals surface area contributed by atoms with E-state index in [2.05, 4.69) is 4.90 Å². The number of aliphatic hydroxyl groups is 2. The topological polar surface area (TPSA) is 52.9 Å². The molecular weight excluding hydrogens is 170 g/mol. The second-order valence-corrected chi connectivity index (χ2v) is 3.67. The molecule has 0 bridgehead atoms. The van der Waals surface area contributed by atoms with Gasteiger partial charge < -0.3 is 19.8 Å². The van der Waals surface area contributed by atoms with E-state index in [0.29, 0.717) is 12.8 Å². The van der Waals surface area contributed by atoms with Crippen molar-refractivity contribution in [3.8, 4) is 0 Å². The fourth-order valence-electron chi connectivity index (χ4n) is 1.57. The summed E-state index contributed by atoms with van der Waals surface area (Å²) in [5, 5.41) is 18.5. The van der Waals surface area contributed by atoms with Crippen molar-refractivity contribution >= 4 is 0 Å². The van der Waals surface area contributed by atoms with Crippen molar-refractivity contribution in [2.75, 3.05) is 33.4 Å². The lowest BCUT2D eigenvalue weighted by Gasteiger charge is -2.34. The van der Waals surface area contributed by atoms with Gasteiger partial charge in [-0.15, -0.1) is 0 Å². The van der Waals surface area contributed by atoms with E-state index >= 15 is 0 Å². The standard InChI is InChI=1S/C9H19NO3/c1-13-8-2-5-10-6-3-9(11,12)4-7-10/h11-12H,2-8H2,1H3. The summed E-state index contributed by atoms with van der Waals surface area (Å²) in [7, 11) is 1.70. The first-order chi connectivity index (χ1) is 6.14. The van der Waals surface area contributed by atoms with Crippen molar-refractivity contribution in [1.29, 1.82) is 0 Å². The number of rotatable bonds is 4. The van der Waals surface area contributed by atoms with Gasteiger partial charge in [-0.25, -0.2) is 0 Å². The summed E-state index contributed by atoms with van der Waals surface area (Å²) in [6.07, 6.45) is 1.93. The van der Waals surface area contributed by atoms with Crippen LogP contribution in [0.15, 0.2) is 0 Å². The van der Waals surface area contributed by atoms with Crippen LogP contribution in [0.25, 0.3) is 0 Å². The second kappa shape index (κ2) is 4.91. The fourth-order valence-corrected chi connectivity index (χ4v) is 1.57. The summed E-state index contributed by atoms with van der Waals surface area (Å²) in [4.78, 5) is 2.24. The fraction of sp³-hybridized carbons (Fsp3) is 1.00. The predicted molar refractivity (Wildman–Crippen MR) is 49.3 cm³/mol. The monoisotopic (exact) mass is 189 g/mol. The first kappa shape index (κ1) is 10.9. The van der Waals surface area contributed by atoms with Gasteiger partial charge in [-0.05, 0) is 6.42 Å². The highest BCUT2D eigenvalue weighted by Gasteiger charge is 2.28. The number of ether oxygens (including phenoxy) is 1. The van der Waals surface area contributed by atoms with E-state index in [1.165, 1.54) is 0 Å². The molecule has 0 aromatic carbocycles. The van der Waals surface area contributed by atoms with Gasteiger partial charge in [-0.3, -0.25) is 0 Å². The Labute approximate surface area is 79.1 Å². The summed E-state index contributed by atoms with van der Waals surface area (Å²) in [5.74, 6) is -1.42. The maximum Gasteiger partial charge on any atom is 0.164 e. The van der Waals surface area contributed by atoms with Crippen LogP contribution in [-0.4, -0.2) is 54.3 Å². The molecule has 1 aliphatic rings. The first-order valence-corrected chi connectivity index (χ1v) is 4.80. The largest absolute Gasteiger partial charge is 0.385 e. The van der Waals surface area contributed by atoms with E-state index in [4.69, 9.17) is 4.74 Å². The average Bonchev–Trinajstić information content (AvgIpc) is 2.08. The molecule has 78 valence electrons. The minimum atomic E-state index is -1.42. The summed E-state index contributed by atoms with van der Waals surface area (Å²) in [5.41, 5.74) is 0. The van der Waals surface area contributed by atoms with Crippen LogP contribution in [0, 0.1) is 0 Å². The Kier molecular flexibility index (Phi) is 4.12. The minimum Gasteiger partial charge on any atom is -0.385 e. The molecule has 1 saturated heterocycles. The third-order valence-corrected chi connectivity index (χ3v) is 2.48. The zero-order valence-corrected chi connectivity index (χ0v) is 8.20. The van der Waals surface area contributed by atoms with Crippen molar-refractivity contribution < 1.29 is 14.9 Å². The summed E-state index contributed by atoms with van der Waals surface area (Å²) < 4.78 is 4.95. The highest BCUT2D eigenvalue weighted by molar-refractivity contribution is 4.76. The molecule has 0 spiro atoms. The molecule has 1 rings (SSSR count). The Balaban J connectivity index is 2.11. The number of methoxy groups -OCH3 is 1. The van der Waals surface area contributed by atoms with E-state index in [0.717, 1.165) is 32.7 Å². The molecule has 0 amide bonds. The van der Waals surface area contributed by atoms with Gasteiger partial charge in [-0.2, -0.15) is 0 Å². The molecule has 0 radical (unpaired) electrons. The van der Waals surface area contributed by atoms with Crippen LogP contribution in [0.1, 0.15) is 19.3 Å². The zero-order valence-electron chi connectivity index (χ0n) is 8.20. The summed E-state index contributed by atoms with van der Waals surface area (Å²) in [6.45, 7) is 3.32. The second-order valence-electron chi connectivity index (χ2n) is 3.67.